The van der Waals surface area contributed by atoms with E-state index in [9.17, 15) is 19.2 Å². The summed E-state index contributed by atoms with van der Waals surface area (Å²) >= 11 is 0. The summed E-state index contributed by atoms with van der Waals surface area (Å²) in [6.07, 6.45) is 3.25. The highest BCUT2D eigenvalue weighted by molar-refractivity contribution is 5.95. The van der Waals surface area contributed by atoms with E-state index < -0.39 is 35.6 Å². The smallest absolute Gasteiger partial charge is 0.351 e. The maximum atomic E-state index is 12.3. The Morgan fingerprint density at radius 2 is 1.22 bits per heavy atom. The van der Waals surface area contributed by atoms with Gasteiger partial charge < -0.3 is 30.3 Å². The molecule has 2 fully saturated rings. The average Bonchev–Trinajstić information content (AvgIpc) is 3.53. The van der Waals surface area contributed by atoms with Gasteiger partial charge in [0.15, 0.2) is 0 Å². The van der Waals surface area contributed by atoms with Crippen LogP contribution in [0, 0.1) is 0 Å². The largest absolute Gasteiger partial charge is 0.394 e. The number of aliphatic hydroxyl groups is 2. The third kappa shape index (κ3) is 6.20. The predicted octanol–water partition coefficient (Wildman–Crippen LogP) is -0.503. The van der Waals surface area contributed by atoms with Crippen molar-refractivity contribution in [2.75, 3.05) is 23.8 Å². The van der Waals surface area contributed by atoms with Crippen LogP contribution >= 0.6 is 0 Å². The lowest BCUT2D eigenvalue weighted by molar-refractivity contribution is -0.121. The summed E-state index contributed by atoms with van der Waals surface area (Å²) in [5.74, 6) is -0.956. The molecule has 0 radical (unpaired) electrons. The van der Waals surface area contributed by atoms with Crippen LogP contribution < -0.4 is 22.0 Å². The summed E-state index contributed by atoms with van der Waals surface area (Å²) in [6, 6.07) is 2.90. The lowest BCUT2D eigenvalue weighted by Gasteiger charge is -2.15. The first kappa shape index (κ1) is 25.6. The lowest BCUT2D eigenvalue weighted by Crippen LogP contribution is -2.29. The Morgan fingerprint density at radius 3 is 1.56 bits per heavy atom. The van der Waals surface area contributed by atoms with E-state index in [4.69, 9.17) is 19.7 Å². The summed E-state index contributed by atoms with van der Waals surface area (Å²) in [4.78, 5) is 56.6. The second-order valence-electron chi connectivity index (χ2n) is 8.55. The number of anilines is 2. The molecule has 194 valence electrons. The first-order chi connectivity index (χ1) is 17.4. The topological polar surface area (TPSA) is 187 Å². The first-order valence-electron chi connectivity index (χ1n) is 11.7. The fraction of sp³-hybridized carbons (Fsp3) is 0.545. The molecule has 14 heteroatoms. The van der Waals surface area contributed by atoms with Crippen LogP contribution in [-0.2, 0) is 19.1 Å². The Hall–Kier alpha value is -3.46. The van der Waals surface area contributed by atoms with Crippen molar-refractivity contribution in [3.63, 3.8) is 0 Å². The van der Waals surface area contributed by atoms with E-state index in [-0.39, 0.29) is 49.9 Å². The number of carbonyl (C=O) groups excluding carboxylic acids is 2. The molecular formula is C22H28N6O8. The van der Waals surface area contributed by atoms with Crippen LogP contribution in [0.4, 0.5) is 11.6 Å². The third-order valence-electron chi connectivity index (χ3n) is 5.97. The lowest BCUT2D eigenvalue weighted by atomic mass is 10.2. The molecule has 4 atom stereocenters. The average molecular weight is 505 g/mol. The van der Waals surface area contributed by atoms with Crippen LogP contribution in [-0.4, -0.2) is 66.6 Å². The molecule has 0 aliphatic carbocycles. The Balaban J connectivity index is 1.25. The van der Waals surface area contributed by atoms with Crippen LogP contribution in [0.3, 0.4) is 0 Å². The number of aliphatic hydroxyl groups excluding tert-OH is 2. The van der Waals surface area contributed by atoms with Gasteiger partial charge in [-0.05, 0) is 37.8 Å². The number of amides is 2. The van der Waals surface area contributed by atoms with Crippen molar-refractivity contribution in [2.45, 2.75) is 63.2 Å². The summed E-state index contributed by atoms with van der Waals surface area (Å²) in [5.41, 5.74) is -1.21. The fourth-order valence-corrected chi connectivity index (χ4v) is 4.09. The van der Waals surface area contributed by atoms with Gasteiger partial charge in [-0.15, -0.1) is 0 Å². The minimum atomic E-state index is -0.607. The van der Waals surface area contributed by atoms with Gasteiger partial charge in [-0.1, -0.05) is 0 Å². The SMILES string of the molecule is O=C(CCC(=O)Nc1ccn([C@H]2CC[C@@H](CO)O2)c(=O)n1)Nc1ccn([C@H]2CC[C@@H](CO)O2)c(=O)n1. The van der Waals surface area contributed by atoms with Gasteiger partial charge in [0.05, 0.1) is 25.4 Å². The van der Waals surface area contributed by atoms with Crippen molar-refractivity contribution in [3.8, 4) is 0 Å². The van der Waals surface area contributed by atoms with E-state index in [0.29, 0.717) is 25.7 Å². The molecule has 2 aliphatic heterocycles. The molecule has 0 unspecified atom stereocenters. The fourth-order valence-electron chi connectivity index (χ4n) is 4.09. The summed E-state index contributed by atoms with van der Waals surface area (Å²) in [7, 11) is 0. The zero-order valence-electron chi connectivity index (χ0n) is 19.4. The maximum absolute atomic E-state index is 12.3. The van der Waals surface area contributed by atoms with Gasteiger partial charge in [-0.2, -0.15) is 9.97 Å². The van der Waals surface area contributed by atoms with Crippen molar-refractivity contribution in [1.29, 1.82) is 0 Å². The van der Waals surface area contributed by atoms with Gasteiger partial charge >= 0.3 is 11.4 Å². The van der Waals surface area contributed by atoms with Crippen molar-refractivity contribution in [2.24, 2.45) is 0 Å². The van der Waals surface area contributed by atoms with E-state index in [1.165, 1.54) is 33.7 Å². The number of hydrogen-bond donors (Lipinski definition) is 4. The van der Waals surface area contributed by atoms with Crippen molar-refractivity contribution in [1.82, 2.24) is 19.1 Å². The van der Waals surface area contributed by atoms with Gasteiger partial charge in [0.2, 0.25) is 11.8 Å². The Kier molecular flexibility index (Phi) is 8.20. The van der Waals surface area contributed by atoms with Crippen LogP contribution in [0.2, 0.25) is 0 Å². The quantitative estimate of drug-likeness (QED) is 0.347. The van der Waals surface area contributed by atoms with Crippen LogP contribution in [0.5, 0.6) is 0 Å². The zero-order valence-corrected chi connectivity index (χ0v) is 19.4. The molecule has 2 aliphatic rings. The molecule has 2 aromatic heterocycles. The minimum absolute atomic E-state index is 0.0428. The normalized spacial score (nSPS) is 23.5. The predicted molar refractivity (Wildman–Crippen MR) is 124 cm³/mol. The zero-order chi connectivity index (χ0) is 25.7. The number of aromatic nitrogens is 4. The van der Waals surface area contributed by atoms with Gasteiger partial charge in [0, 0.05) is 25.2 Å². The highest BCUT2D eigenvalue weighted by Crippen LogP contribution is 2.27. The molecule has 4 rings (SSSR count). The second-order valence-corrected chi connectivity index (χ2v) is 8.55. The monoisotopic (exact) mass is 504 g/mol. The van der Waals surface area contributed by atoms with Gasteiger partial charge in [-0.3, -0.25) is 18.7 Å². The molecule has 4 heterocycles. The molecule has 0 spiro atoms. The Morgan fingerprint density at radius 1 is 0.806 bits per heavy atom. The molecule has 2 saturated heterocycles. The van der Waals surface area contributed by atoms with Gasteiger partial charge in [-0.25, -0.2) is 9.59 Å². The molecule has 0 saturated carbocycles. The van der Waals surface area contributed by atoms with E-state index in [2.05, 4.69) is 20.6 Å². The molecule has 0 aromatic carbocycles. The second kappa shape index (κ2) is 11.5. The number of rotatable bonds is 9. The highest BCUT2D eigenvalue weighted by atomic mass is 16.5. The first-order valence-corrected chi connectivity index (χ1v) is 11.7. The Labute approximate surface area is 204 Å². The number of nitrogens with one attached hydrogen (secondary N) is 2. The van der Waals surface area contributed by atoms with Crippen LogP contribution in [0.1, 0.15) is 51.0 Å². The third-order valence-corrected chi connectivity index (χ3v) is 5.97. The van der Waals surface area contributed by atoms with Crippen LogP contribution in [0.15, 0.2) is 34.1 Å². The van der Waals surface area contributed by atoms with Gasteiger partial charge in [0.25, 0.3) is 0 Å². The minimum Gasteiger partial charge on any atom is -0.394 e. The van der Waals surface area contributed by atoms with E-state index in [1.807, 2.05) is 0 Å². The van der Waals surface area contributed by atoms with E-state index in [0.717, 1.165) is 0 Å². The van der Waals surface area contributed by atoms with Crippen molar-refractivity contribution in [3.05, 3.63) is 45.5 Å². The number of hydrogen-bond acceptors (Lipinski definition) is 10. The summed E-state index contributed by atoms with van der Waals surface area (Å²) in [6.45, 7) is -0.250. The number of carbonyl (C=O) groups is 2. The standard InChI is InChI=1S/C22H28N6O8/c29-11-13-1-5-19(35-13)27-9-7-15(25-21(27)33)23-17(31)3-4-18(32)24-16-8-10-28(22(34)26-16)20-6-2-14(12-30)36-20/h7-10,13-14,19-20,29-30H,1-6,11-12H2,(H,23,25,31,33)(H,24,26,32,34)/t13-,14-,19+,20+/m0/s1. The molecular weight excluding hydrogens is 476 g/mol. The molecule has 14 nitrogen and oxygen atoms in total. The van der Waals surface area contributed by atoms with Crippen molar-refractivity contribution >= 4 is 23.5 Å². The molecule has 2 aromatic rings. The number of ether oxygens (including phenoxy) is 2. The summed E-state index contributed by atoms with van der Waals surface area (Å²) in [5, 5.41) is 23.3. The molecule has 2 amide bonds. The molecule has 36 heavy (non-hydrogen) atoms. The summed E-state index contributed by atoms with van der Waals surface area (Å²) < 4.78 is 13.7. The van der Waals surface area contributed by atoms with Crippen LogP contribution in [0.25, 0.3) is 0 Å². The highest BCUT2D eigenvalue weighted by Gasteiger charge is 2.28. The number of nitrogens with zero attached hydrogens (tertiary/aromatic N) is 4. The van der Waals surface area contributed by atoms with E-state index in [1.54, 1.807) is 0 Å². The maximum Gasteiger partial charge on any atom is 0.351 e. The van der Waals surface area contributed by atoms with E-state index >= 15 is 0 Å². The Bertz CT molecular complexity index is 1120. The molecule has 0 bridgehead atoms. The van der Waals surface area contributed by atoms with Crippen molar-refractivity contribution < 1.29 is 29.3 Å². The molecule has 4 N–H and O–H groups in total. The van der Waals surface area contributed by atoms with Gasteiger partial charge in [0.1, 0.15) is 24.1 Å².